The monoisotopic (exact) mass is 326 g/mol. The molecule has 0 unspecified atom stereocenters. The molecule has 0 atom stereocenters. The van der Waals surface area contributed by atoms with E-state index < -0.39 is 0 Å². The Morgan fingerprint density at radius 3 is 1.88 bits per heavy atom. The van der Waals surface area contributed by atoms with Crippen molar-refractivity contribution >= 4 is 0 Å². The number of hydrogen-bond donors (Lipinski definition) is 1. The van der Waals surface area contributed by atoms with Crippen LogP contribution in [0.25, 0.3) is 0 Å². The lowest BCUT2D eigenvalue weighted by Crippen LogP contribution is -2.03. The maximum Gasteiger partial charge on any atom is 0.0991 e. The number of nitrogens with one attached hydrogen (secondary N) is 1. The summed E-state index contributed by atoms with van der Waals surface area (Å²) in [5.74, 6) is 0.239. The van der Waals surface area contributed by atoms with E-state index in [0.717, 1.165) is 25.0 Å². The molecule has 1 heterocycles. The molecule has 3 rings (SSSR count). The molecular formula is C21H18N4. The van der Waals surface area contributed by atoms with Crippen molar-refractivity contribution in [3.8, 4) is 12.1 Å². The Balaban J connectivity index is 1.81. The molecule has 0 aliphatic carbocycles. The zero-order valence-corrected chi connectivity index (χ0v) is 13.8. The van der Waals surface area contributed by atoms with Crippen molar-refractivity contribution < 1.29 is 0 Å². The van der Waals surface area contributed by atoms with E-state index in [0.29, 0.717) is 11.1 Å². The second kappa shape index (κ2) is 7.95. The second-order valence-electron chi connectivity index (χ2n) is 5.99. The van der Waals surface area contributed by atoms with E-state index in [1.54, 1.807) is 6.33 Å². The molecule has 0 fully saturated rings. The summed E-state index contributed by atoms with van der Waals surface area (Å²) in [5.41, 5.74) is 4.85. The first-order valence-corrected chi connectivity index (χ1v) is 8.27. The molecule has 1 N–H and O–H groups in total. The van der Waals surface area contributed by atoms with Crippen LogP contribution in [0.3, 0.4) is 0 Å². The summed E-state index contributed by atoms with van der Waals surface area (Å²) < 4.78 is 0. The van der Waals surface area contributed by atoms with Crippen LogP contribution < -0.4 is 0 Å². The third-order valence-electron chi connectivity index (χ3n) is 4.38. The van der Waals surface area contributed by atoms with Crippen molar-refractivity contribution in [3.05, 3.63) is 89.0 Å². The first kappa shape index (κ1) is 16.5. The summed E-state index contributed by atoms with van der Waals surface area (Å²) in [6, 6.07) is 19.9. The molecule has 0 saturated heterocycles. The molecule has 0 saturated carbocycles. The van der Waals surface area contributed by atoms with Gasteiger partial charge in [-0.2, -0.15) is 10.5 Å². The Morgan fingerprint density at radius 1 is 0.880 bits per heavy atom. The van der Waals surface area contributed by atoms with Gasteiger partial charge in [0.25, 0.3) is 0 Å². The standard InChI is InChI=1S/C21H18N4/c22-12-16-4-8-18(9-5-16)21(3-1-2-20-14-24-15-25-20)19-10-6-17(13-23)7-11-19/h4-11,14-15,21H,1-3H2,(H,24,25). The first-order chi connectivity index (χ1) is 12.3. The van der Waals surface area contributed by atoms with Crippen LogP contribution >= 0.6 is 0 Å². The molecule has 0 aliphatic heterocycles. The highest BCUT2D eigenvalue weighted by Gasteiger charge is 2.14. The van der Waals surface area contributed by atoms with Crippen LogP contribution in [-0.4, -0.2) is 9.97 Å². The minimum atomic E-state index is 0.239. The molecule has 4 nitrogen and oxygen atoms in total. The number of aryl methyl sites for hydroxylation is 1. The van der Waals surface area contributed by atoms with Crippen molar-refractivity contribution in [1.29, 1.82) is 10.5 Å². The Labute approximate surface area is 147 Å². The summed E-state index contributed by atoms with van der Waals surface area (Å²) in [6.45, 7) is 0. The highest BCUT2D eigenvalue weighted by Crippen LogP contribution is 2.30. The fourth-order valence-corrected chi connectivity index (χ4v) is 3.02. The van der Waals surface area contributed by atoms with Crippen molar-refractivity contribution in [2.45, 2.75) is 25.2 Å². The Bertz CT molecular complexity index is 822. The maximum absolute atomic E-state index is 9.00. The molecule has 2 aromatic carbocycles. The van der Waals surface area contributed by atoms with Crippen LogP contribution in [0.4, 0.5) is 0 Å². The van der Waals surface area contributed by atoms with E-state index in [1.807, 2.05) is 54.7 Å². The van der Waals surface area contributed by atoms with Gasteiger partial charge in [-0.15, -0.1) is 0 Å². The van der Waals surface area contributed by atoms with Crippen LogP contribution in [0.2, 0.25) is 0 Å². The SMILES string of the molecule is N#Cc1ccc(C(CCCc2cnc[nH]2)c2ccc(C#N)cc2)cc1. The van der Waals surface area contributed by atoms with Gasteiger partial charge in [0.15, 0.2) is 0 Å². The van der Waals surface area contributed by atoms with Crippen LogP contribution in [0.1, 0.15) is 46.7 Å². The number of nitriles is 2. The third kappa shape index (κ3) is 4.13. The lowest BCUT2D eigenvalue weighted by Gasteiger charge is -2.18. The third-order valence-corrected chi connectivity index (χ3v) is 4.38. The number of hydrogen-bond acceptors (Lipinski definition) is 3. The highest BCUT2D eigenvalue weighted by molar-refractivity contribution is 5.40. The van der Waals surface area contributed by atoms with E-state index in [9.17, 15) is 0 Å². The van der Waals surface area contributed by atoms with Crippen molar-refractivity contribution in [1.82, 2.24) is 9.97 Å². The fraction of sp³-hybridized carbons (Fsp3) is 0.190. The van der Waals surface area contributed by atoms with Gasteiger partial charge < -0.3 is 4.98 Å². The van der Waals surface area contributed by atoms with Crippen molar-refractivity contribution in [3.63, 3.8) is 0 Å². The molecule has 0 radical (unpaired) electrons. The number of nitrogens with zero attached hydrogens (tertiary/aromatic N) is 3. The molecule has 25 heavy (non-hydrogen) atoms. The smallest absolute Gasteiger partial charge is 0.0991 e. The lowest BCUT2D eigenvalue weighted by molar-refractivity contribution is 0.656. The molecule has 0 bridgehead atoms. The van der Waals surface area contributed by atoms with E-state index in [-0.39, 0.29) is 5.92 Å². The normalized spacial score (nSPS) is 10.4. The Kier molecular flexibility index (Phi) is 5.24. The molecule has 1 aromatic heterocycles. The first-order valence-electron chi connectivity index (χ1n) is 8.27. The molecule has 122 valence electrons. The number of benzene rings is 2. The van der Waals surface area contributed by atoms with Gasteiger partial charge in [0.2, 0.25) is 0 Å². The number of H-pyrrole nitrogens is 1. The zero-order valence-electron chi connectivity index (χ0n) is 13.8. The maximum atomic E-state index is 9.00. The largest absolute Gasteiger partial charge is 0.348 e. The van der Waals surface area contributed by atoms with Gasteiger partial charge in [-0.05, 0) is 54.7 Å². The molecular weight excluding hydrogens is 308 g/mol. The quantitative estimate of drug-likeness (QED) is 0.733. The van der Waals surface area contributed by atoms with Gasteiger partial charge >= 0.3 is 0 Å². The van der Waals surface area contributed by atoms with Gasteiger partial charge in [-0.1, -0.05) is 24.3 Å². The minimum absolute atomic E-state index is 0.239. The van der Waals surface area contributed by atoms with Gasteiger partial charge in [-0.25, -0.2) is 4.98 Å². The number of aromatic amines is 1. The summed E-state index contributed by atoms with van der Waals surface area (Å²) in [7, 11) is 0. The van der Waals surface area contributed by atoms with Gasteiger partial charge in [0.1, 0.15) is 0 Å². The van der Waals surface area contributed by atoms with E-state index in [2.05, 4.69) is 22.1 Å². The number of rotatable bonds is 6. The Hall–Kier alpha value is -3.37. The predicted molar refractivity (Wildman–Crippen MR) is 95.7 cm³/mol. The van der Waals surface area contributed by atoms with Crippen LogP contribution in [0.15, 0.2) is 61.1 Å². The Morgan fingerprint density at radius 2 is 1.44 bits per heavy atom. The molecule has 4 heteroatoms. The minimum Gasteiger partial charge on any atom is -0.348 e. The van der Waals surface area contributed by atoms with Crippen LogP contribution in [0, 0.1) is 22.7 Å². The van der Waals surface area contributed by atoms with Crippen LogP contribution in [-0.2, 0) is 6.42 Å². The molecule has 0 spiro atoms. The van der Waals surface area contributed by atoms with Gasteiger partial charge in [-0.3, -0.25) is 0 Å². The summed E-state index contributed by atoms with van der Waals surface area (Å²) in [4.78, 5) is 7.20. The fourth-order valence-electron chi connectivity index (χ4n) is 3.02. The van der Waals surface area contributed by atoms with Gasteiger partial charge in [0.05, 0.1) is 29.6 Å². The topological polar surface area (TPSA) is 76.3 Å². The molecule has 0 amide bonds. The average molecular weight is 326 g/mol. The second-order valence-corrected chi connectivity index (χ2v) is 5.99. The van der Waals surface area contributed by atoms with Crippen molar-refractivity contribution in [2.75, 3.05) is 0 Å². The van der Waals surface area contributed by atoms with E-state index >= 15 is 0 Å². The van der Waals surface area contributed by atoms with E-state index in [1.165, 1.54) is 11.1 Å². The van der Waals surface area contributed by atoms with E-state index in [4.69, 9.17) is 10.5 Å². The number of aromatic nitrogens is 2. The predicted octanol–water partition coefficient (Wildman–Crippen LogP) is 4.31. The summed E-state index contributed by atoms with van der Waals surface area (Å²) >= 11 is 0. The molecule has 3 aromatic rings. The summed E-state index contributed by atoms with van der Waals surface area (Å²) in [5, 5.41) is 18.0. The average Bonchev–Trinajstić information content (AvgIpc) is 3.19. The zero-order chi connectivity index (χ0) is 17.5. The van der Waals surface area contributed by atoms with Gasteiger partial charge in [0, 0.05) is 17.8 Å². The number of imidazole rings is 1. The molecule has 0 aliphatic rings. The lowest BCUT2D eigenvalue weighted by atomic mass is 9.86. The van der Waals surface area contributed by atoms with Crippen LogP contribution in [0.5, 0.6) is 0 Å². The van der Waals surface area contributed by atoms with Crippen molar-refractivity contribution in [2.24, 2.45) is 0 Å². The highest BCUT2D eigenvalue weighted by atomic mass is 14.9. The summed E-state index contributed by atoms with van der Waals surface area (Å²) in [6.07, 6.45) is 6.51.